The van der Waals surface area contributed by atoms with Crippen molar-refractivity contribution in [2.75, 3.05) is 19.7 Å². The van der Waals surface area contributed by atoms with E-state index in [0.717, 1.165) is 42.2 Å². The molecule has 6 nitrogen and oxygen atoms in total. The standard InChI is InChI=1S/C18H19BrN2O4S/c1-11-4-6-21(7-5-11)16(22)10-25-14-3-2-13(19)8-12(14)9-15-17(23)20-18(24)26-15/h2-3,8-9,11H,4-7,10H2,1H3,(H,20,23,24)/b15-9-. The summed E-state index contributed by atoms with van der Waals surface area (Å²) in [7, 11) is 0. The SMILES string of the molecule is CC1CCN(C(=O)COc2ccc(Br)cc2/C=C2\SC(=O)NC2=O)CC1. The van der Waals surface area contributed by atoms with Gasteiger partial charge in [0.05, 0.1) is 4.91 Å². The molecule has 0 spiro atoms. The highest BCUT2D eigenvalue weighted by molar-refractivity contribution is 9.10. The van der Waals surface area contributed by atoms with Gasteiger partial charge in [0.15, 0.2) is 6.61 Å². The third-order valence-electron chi connectivity index (χ3n) is 4.39. The first kappa shape index (κ1) is 19.0. The molecular formula is C18H19BrN2O4S. The number of ether oxygens (including phenoxy) is 1. The lowest BCUT2D eigenvalue weighted by molar-refractivity contribution is -0.134. The predicted octanol–water partition coefficient (Wildman–Crippen LogP) is 3.41. The lowest BCUT2D eigenvalue weighted by Crippen LogP contribution is -2.40. The Morgan fingerprint density at radius 3 is 2.77 bits per heavy atom. The van der Waals surface area contributed by atoms with Crippen LogP contribution in [0, 0.1) is 5.92 Å². The maximum Gasteiger partial charge on any atom is 0.290 e. The van der Waals surface area contributed by atoms with Gasteiger partial charge in [0.25, 0.3) is 17.1 Å². The van der Waals surface area contributed by atoms with Crippen LogP contribution in [0.15, 0.2) is 27.6 Å². The van der Waals surface area contributed by atoms with Crippen molar-refractivity contribution < 1.29 is 19.1 Å². The Hall–Kier alpha value is -1.80. The molecule has 3 rings (SSSR count). The van der Waals surface area contributed by atoms with E-state index in [1.807, 2.05) is 4.90 Å². The number of carbonyl (C=O) groups excluding carboxylic acids is 3. The first-order chi connectivity index (χ1) is 12.4. The number of amides is 3. The van der Waals surface area contributed by atoms with Crippen molar-refractivity contribution in [1.82, 2.24) is 10.2 Å². The molecule has 0 bridgehead atoms. The summed E-state index contributed by atoms with van der Waals surface area (Å²) >= 11 is 4.23. The first-order valence-electron chi connectivity index (χ1n) is 8.37. The van der Waals surface area contributed by atoms with Crippen molar-refractivity contribution in [2.45, 2.75) is 19.8 Å². The zero-order valence-electron chi connectivity index (χ0n) is 14.3. The number of hydrogen-bond donors (Lipinski definition) is 1. The molecular weight excluding hydrogens is 420 g/mol. The smallest absolute Gasteiger partial charge is 0.290 e. The number of halogens is 1. The molecule has 26 heavy (non-hydrogen) atoms. The molecule has 0 aliphatic carbocycles. The molecule has 8 heteroatoms. The maximum absolute atomic E-state index is 12.4. The highest BCUT2D eigenvalue weighted by atomic mass is 79.9. The summed E-state index contributed by atoms with van der Waals surface area (Å²) in [6, 6.07) is 5.32. The van der Waals surface area contributed by atoms with E-state index in [1.54, 1.807) is 24.3 Å². The maximum atomic E-state index is 12.4. The Bertz CT molecular complexity index is 772. The molecule has 1 N–H and O–H groups in total. The third kappa shape index (κ3) is 4.67. The van der Waals surface area contributed by atoms with Crippen LogP contribution in [-0.4, -0.2) is 41.6 Å². The van der Waals surface area contributed by atoms with E-state index in [2.05, 4.69) is 28.2 Å². The average Bonchev–Trinajstić information content (AvgIpc) is 2.92. The van der Waals surface area contributed by atoms with Crippen molar-refractivity contribution in [2.24, 2.45) is 5.92 Å². The van der Waals surface area contributed by atoms with Crippen LogP contribution in [0.2, 0.25) is 0 Å². The molecule has 138 valence electrons. The van der Waals surface area contributed by atoms with E-state index < -0.39 is 11.1 Å². The van der Waals surface area contributed by atoms with Crippen molar-refractivity contribution in [3.05, 3.63) is 33.1 Å². The quantitative estimate of drug-likeness (QED) is 0.728. The van der Waals surface area contributed by atoms with Crippen molar-refractivity contribution in [1.29, 1.82) is 0 Å². The van der Waals surface area contributed by atoms with E-state index in [0.29, 0.717) is 22.1 Å². The van der Waals surface area contributed by atoms with Gasteiger partial charge < -0.3 is 9.64 Å². The van der Waals surface area contributed by atoms with Crippen LogP contribution in [0.25, 0.3) is 6.08 Å². The van der Waals surface area contributed by atoms with Crippen LogP contribution >= 0.6 is 27.7 Å². The number of benzene rings is 1. The molecule has 0 radical (unpaired) electrons. The highest BCUT2D eigenvalue weighted by Gasteiger charge is 2.26. The zero-order chi connectivity index (χ0) is 18.7. The number of rotatable bonds is 4. The lowest BCUT2D eigenvalue weighted by Gasteiger charge is -2.30. The number of thioether (sulfide) groups is 1. The lowest BCUT2D eigenvalue weighted by atomic mass is 9.99. The molecule has 2 fully saturated rings. The molecule has 0 aromatic heterocycles. The second-order valence-corrected chi connectivity index (χ2v) is 8.32. The van der Waals surface area contributed by atoms with Gasteiger partial charge in [-0.15, -0.1) is 0 Å². The Kier molecular flexibility index (Phi) is 6.03. The number of likely N-dealkylation sites (tertiary alicyclic amines) is 1. The molecule has 2 heterocycles. The molecule has 0 atom stereocenters. The Morgan fingerprint density at radius 2 is 2.12 bits per heavy atom. The van der Waals surface area contributed by atoms with Crippen LogP contribution in [0.1, 0.15) is 25.3 Å². The molecule has 0 unspecified atom stereocenters. The fourth-order valence-electron chi connectivity index (χ4n) is 2.81. The summed E-state index contributed by atoms with van der Waals surface area (Å²) in [6.45, 7) is 3.67. The second kappa shape index (κ2) is 8.26. The van der Waals surface area contributed by atoms with Crippen LogP contribution in [-0.2, 0) is 9.59 Å². The van der Waals surface area contributed by atoms with Gasteiger partial charge in [0.1, 0.15) is 5.75 Å². The van der Waals surface area contributed by atoms with Crippen molar-refractivity contribution >= 4 is 50.8 Å². The minimum absolute atomic E-state index is 0.0402. The van der Waals surface area contributed by atoms with Crippen LogP contribution in [0.5, 0.6) is 5.75 Å². The Labute approximate surface area is 164 Å². The summed E-state index contributed by atoms with van der Waals surface area (Å²) in [6.07, 6.45) is 3.63. The van der Waals surface area contributed by atoms with Crippen molar-refractivity contribution in [3.8, 4) is 5.75 Å². The largest absolute Gasteiger partial charge is 0.483 e. The number of carbonyl (C=O) groups is 3. The minimum atomic E-state index is -0.426. The molecule has 2 aliphatic heterocycles. The van der Waals surface area contributed by atoms with E-state index in [4.69, 9.17) is 4.74 Å². The van der Waals surface area contributed by atoms with Crippen LogP contribution in [0.3, 0.4) is 0 Å². The Morgan fingerprint density at radius 1 is 1.38 bits per heavy atom. The number of nitrogens with one attached hydrogen (secondary N) is 1. The number of nitrogens with zero attached hydrogens (tertiary/aromatic N) is 1. The third-order valence-corrected chi connectivity index (χ3v) is 5.69. The zero-order valence-corrected chi connectivity index (χ0v) is 16.7. The van der Waals surface area contributed by atoms with Crippen molar-refractivity contribution in [3.63, 3.8) is 0 Å². The van der Waals surface area contributed by atoms with E-state index in [-0.39, 0.29) is 12.5 Å². The summed E-state index contributed by atoms with van der Waals surface area (Å²) < 4.78 is 6.53. The average molecular weight is 439 g/mol. The molecule has 2 saturated heterocycles. The normalized spacial score (nSPS) is 19.8. The fourth-order valence-corrected chi connectivity index (χ4v) is 3.87. The monoisotopic (exact) mass is 438 g/mol. The second-order valence-electron chi connectivity index (χ2n) is 6.39. The first-order valence-corrected chi connectivity index (χ1v) is 9.98. The molecule has 0 saturated carbocycles. The summed E-state index contributed by atoms with van der Waals surface area (Å²) in [5, 5.41) is 1.83. The van der Waals surface area contributed by atoms with Gasteiger partial charge in [0, 0.05) is 23.1 Å². The van der Waals surface area contributed by atoms with Gasteiger partial charge in [-0.25, -0.2) is 0 Å². The molecule has 2 aliphatic rings. The van der Waals surface area contributed by atoms with E-state index in [1.165, 1.54) is 0 Å². The van der Waals surface area contributed by atoms with E-state index >= 15 is 0 Å². The van der Waals surface area contributed by atoms with Gasteiger partial charge in [-0.2, -0.15) is 0 Å². The number of piperidine rings is 1. The summed E-state index contributed by atoms with van der Waals surface area (Å²) in [5.74, 6) is 0.681. The van der Waals surface area contributed by atoms with Gasteiger partial charge in [-0.05, 0) is 54.8 Å². The van der Waals surface area contributed by atoms with Gasteiger partial charge >= 0.3 is 0 Å². The summed E-state index contributed by atoms with van der Waals surface area (Å²) in [5.41, 5.74) is 0.631. The molecule has 1 aromatic rings. The number of hydrogen-bond acceptors (Lipinski definition) is 5. The van der Waals surface area contributed by atoms with E-state index in [9.17, 15) is 14.4 Å². The predicted molar refractivity (Wildman–Crippen MR) is 104 cm³/mol. The Balaban J connectivity index is 1.70. The fraction of sp³-hybridized carbons (Fsp3) is 0.389. The number of imide groups is 1. The topological polar surface area (TPSA) is 75.7 Å². The van der Waals surface area contributed by atoms with Gasteiger partial charge in [-0.1, -0.05) is 22.9 Å². The van der Waals surface area contributed by atoms with Gasteiger partial charge in [0.2, 0.25) is 0 Å². The van der Waals surface area contributed by atoms with Crippen LogP contribution in [0.4, 0.5) is 4.79 Å². The minimum Gasteiger partial charge on any atom is -0.483 e. The van der Waals surface area contributed by atoms with Crippen LogP contribution < -0.4 is 10.1 Å². The van der Waals surface area contributed by atoms with Gasteiger partial charge in [-0.3, -0.25) is 19.7 Å². The summed E-state index contributed by atoms with van der Waals surface area (Å²) in [4.78, 5) is 37.6. The molecule has 3 amide bonds. The highest BCUT2D eigenvalue weighted by Crippen LogP contribution is 2.31. The molecule has 1 aromatic carbocycles.